The summed E-state index contributed by atoms with van der Waals surface area (Å²) in [5, 5.41) is 0. The van der Waals surface area contributed by atoms with Crippen molar-refractivity contribution in [1.29, 1.82) is 0 Å². The summed E-state index contributed by atoms with van der Waals surface area (Å²) in [6, 6.07) is 0. The smallest absolute Gasteiger partial charge is 0.00901 e. The quantitative estimate of drug-likeness (QED) is 0.448. The van der Waals surface area contributed by atoms with E-state index in [2.05, 4.69) is 6.58 Å². The van der Waals surface area contributed by atoms with Crippen molar-refractivity contribution in [3.8, 4) is 0 Å². The molecule has 2 fully saturated rings. The third-order valence-corrected chi connectivity index (χ3v) is 3.24. The lowest BCUT2D eigenvalue weighted by molar-refractivity contribution is 0.538. The van der Waals surface area contributed by atoms with Crippen LogP contribution < -0.4 is 0 Å². The van der Waals surface area contributed by atoms with E-state index in [0.29, 0.717) is 5.41 Å². The standard InChI is InChI=1S/C10H16/c1-9-5-3-2-4-6-10(9)7-8-10/h1-8H2. The maximum absolute atomic E-state index is 4.19. The highest BCUT2D eigenvalue weighted by atomic mass is 14.5. The second kappa shape index (κ2) is 2.11. The van der Waals surface area contributed by atoms with E-state index < -0.39 is 0 Å². The average molecular weight is 136 g/mol. The van der Waals surface area contributed by atoms with E-state index in [1.54, 1.807) is 5.57 Å². The first kappa shape index (κ1) is 6.45. The summed E-state index contributed by atoms with van der Waals surface area (Å²) in [5.74, 6) is 0. The number of hydrogen-bond acceptors (Lipinski definition) is 0. The normalized spacial score (nSPS) is 30.2. The molecular formula is C10H16. The van der Waals surface area contributed by atoms with Crippen LogP contribution in [0.2, 0.25) is 0 Å². The van der Waals surface area contributed by atoms with Crippen LogP contribution in [0.25, 0.3) is 0 Å². The summed E-state index contributed by atoms with van der Waals surface area (Å²) >= 11 is 0. The minimum atomic E-state index is 0.677. The minimum Gasteiger partial charge on any atom is -0.0993 e. The molecule has 10 heavy (non-hydrogen) atoms. The molecule has 0 aromatic rings. The van der Waals surface area contributed by atoms with Crippen molar-refractivity contribution in [3.63, 3.8) is 0 Å². The Balaban J connectivity index is 2.09. The van der Waals surface area contributed by atoms with Crippen LogP contribution >= 0.6 is 0 Å². The lowest BCUT2D eigenvalue weighted by atomic mass is 9.92. The van der Waals surface area contributed by atoms with Crippen LogP contribution in [0.5, 0.6) is 0 Å². The average Bonchev–Trinajstić information content (AvgIpc) is 2.69. The molecule has 1 spiro atoms. The van der Waals surface area contributed by atoms with Crippen LogP contribution in [0.15, 0.2) is 12.2 Å². The Labute approximate surface area is 63.3 Å². The van der Waals surface area contributed by atoms with Gasteiger partial charge in [-0.15, -0.1) is 0 Å². The fourth-order valence-corrected chi connectivity index (χ4v) is 2.17. The van der Waals surface area contributed by atoms with Crippen molar-refractivity contribution in [1.82, 2.24) is 0 Å². The maximum Gasteiger partial charge on any atom is -0.00901 e. The highest BCUT2D eigenvalue weighted by Gasteiger charge is 2.44. The molecule has 0 N–H and O–H groups in total. The molecule has 0 unspecified atom stereocenters. The molecule has 0 aromatic carbocycles. The first-order valence-electron chi connectivity index (χ1n) is 4.52. The van der Waals surface area contributed by atoms with Gasteiger partial charge in [-0.2, -0.15) is 0 Å². The number of rotatable bonds is 0. The van der Waals surface area contributed by atoms with Gasteiger partial charge in [-0.1, -0.05) is 25.0 Å². The Morgan fingerprint density at radius 3 is 2.50 bits per heavy atom. The van der Waals surface area contributed by atoms with Gasteiger partial charge < -0.3 is 0 Å². The molecule has 2 aliphatic carbocycles. The summed E-state index contributed by atoms with van der Waals surface area (Å²) in [5.41, 5.74) is 2.25. The molecule has 0 aliphatic heterocycles. The van der Waals surface area contributed by atoms with E-state index in [1.807, 2.05) is 0 Å². The molecule has 2 aliphatic rings. The predicted molar refractivity (Wildman–Crippen MR) is 43.9 cm³/mol. The van der Waals surface area contributed by atoms with E-state index in [4.69, 9.17) is 0 Å². The number of allylic oxidation sites excluding steroid dienone is 1. The molecule has 0 nitrogen and oxygen atoms in total. The van der Waals surface area contributed by atoms with Crippen molar-refractivity contribution in [2.75, 3.05) is 0 Å². The maximum atomic E-state index is 4.19. The summed E-state index contributed by atoms with van der Waals surface area (Å²) in [6.07, 6.45) is 9.98. The van der Waals surface area contributed by atoms with Gasteiger partial charge in [0.15, 0.2) is 0 Å². The summed E-state index contributed by atoms with van der Waals surface area (Å²) in [7, 11) is 0. The highest BCUT2D eigenvalue weighted by molar-refractivity contribution is 5.19. The Bertz CT molecular complexity index is 151. The highest BCUT2D eigenvalue weighted by Crippen LogP contribution is 2.57. The zero-order valence-electron chi connectivity index (χ0n) is 6.66. The Morgan fingerprint density at radius 1 is 1.00 bits per heavy atom. The molecule has 0 heteroatoms. The predicted octanol–water partition coefficient (Wildman–Crippen LogP) is 3.29. The van der Waals surface area contributed by atoms with E-state index >= 15 is 0 Å². The first-order valence-corrected chi connectivity index (χ1v) is 4.52. The second-order valence-electron chi connectivity index (χ2n) is 3.94. The monoisotopic (exact) mass is 136 g/mol. The molecule has 0 bridgehead atoms. The van der Waals surface area contributed by atoms with Gasteiger partial charge in [-0.25, -0.2) is 0 Å². The topological polar surface area (TPSA) is 0 Å². The SMILES string of the molecule is C=C1CCCCCC12CC2. The van der Waals surface area contributed by atoms with Gasteiger partial charge in [-0.3, -0.25) is 0 Å². The molecule has 0 atom stereocenters. The fourth-order valence-electron chi connectivity index (χ4n) is 2.17. The first-order chi connectivity index (χ1) is 4.83. The minimum absolute atomic E-state index is 0.677. The van der Waals surface area contributed by atoms with Crippen molar-refractivity contribution in [2.24, 2.45) is 5.41 Å². The molecule has 2 saturated carbocycles. The molecule has 0 saturated heterocycles. The third kappa shape index (κ3) is 0.902. The third-order valence-electron chi connectivity index (χ3n) is 3.24. The lowest BCUT2D eigenvalue weighted by Crippen LogP contribution is -2.00. The van der Waals surface area contributed by atoms with Gasteiger partial charge in [0, 0.05) is 0 Å². The summed E-state index contributed by atoms with van der Waals surface area (Å²) in [4.78, 5) is 0. The van der Waals surface area contributed by atoms with E-state index in [-0.39, 0.29) is 0 Å². The number of hydrogen-bond donors (Lipinski definition) is 0. The zero-order valence-corrected chi connectivity index (χ0v) is 6.66. The van der Waals surface area contributed by atoms with Gasteiger partial charge >= 0.3 is 0 Å². The summed E-state index contributed by atoms with van der Waals surface area (Å²) < 4.78 is 0. The Kier molecular flexibility index (Phi) is 1.36. The van der Waals surface area contributed by atoms with Crippen LogP contribution in [0.4, 0.5) is 0 Å². The van der Waals surface area contributed by atoms with Crippen molar-refractivity contribution < 1.29 is 0 Å². The molecule has 0 heterocycles. The van der Waals surface area contributed by atoms with E-state index in [9.17, 15) is 0 Å². The molecule has 0 amide bonds. The molecule has 0 radical (unpaired) electrons. The molecule has 0 aromatic heterocycles. The van der Waals surface area contributed by atoms with Gasteiger partial charge in [-0.05, 0) is 37.5 Å². The van der Waals surface area contributed by atoms with E-state index in [1.165, 1.54) is 44.9 Å². The van der Waals surface area contributed by atoms with Gasteiger partial charge in [0.05, 0.1) is 0 Å². The van der Waals surface area contributed by atoms with Gasteiger partial charge in [0.1, 0.15) is 0 Å². The lowest BCUT2D eigenvalue weighted by Gasteiger charge is -2.13. The summed E-state index contributed by atoms with van der Waals surface area (Å²) in [6.45, 7) is 4.19. The second-order valence-corrected chi connectivity index (χ2v) is 3.94. The Hall–Kier alpha value is -0.260. The van der Waals surface area contributed by atoms with Crippen LogP contribution in [-0.2, 0) is 0 Å². The fraction of sp³-hybridized carbons (Fsp3) is 0.800. The molecule has 2 rings (SSSR count). The molecular weight excluding hydrogens is 120 g/mol. The Morgan fingerprint density at radius 2 is 1.80 bits per heavy atom. The van der Waals surface area contributed by atoms with Crippen molar-refractivity contribution >= 4 is 0 Å². The van der Waals surface area contributed by atoms with Crippen molar-refractivity contribution in [2.45, 2.75) is 44.9 Å². The van der Waals surface area contributed by atoms with Crippen LogP contribution in [0.3, 0.4) is 0 Å². The van der Waals surface area contributed by atoms with Crippen LogP contribution in [-0.4, -0.2) is 0 Å². The van der Waals surface area contributed by atoms with Gasteiger partial charge in [0.2, 0.25) is 0 Å². The van der Waals surface area contributed by atoms with Crippen LogP contribution in [0, 0.1) is 5.41 Å². The van der Waals surface area contributed by atoms with Crippen molar-refractivity contribution in [3.05, 3.63) is 12.2 Å². The largest absolute Gasteiger partial charge is 0.0993 e. The van der Waals surface area contributed by atoms with E-state index in [0.717, 1.165) is 0 Å². The molecule has 56 valence electrons. The zero-order chi connectivity index (χ0) is 7.03. The van der Waals surface area contributed by atoms with Gasteiger partial charge in [0.25, 0.3) is 0 Å². The van der Waals surface area contributed by atoms with Crippen LogP contribution in [0.1, 0.15) is 44.9 Å².